The van der Waals surface area contributed by atoms with Crippen molar-refractivity contribution in [3.05, 3.63) is 47.5 Å². The van der Waals surface area contributed by atoms with Crippen LogP contribution < -0.4 is 14.2 Å². The first-order valence-corrected chi connectivity index (χ1v) is 7.56. The highest BCUT2D eigenvalue weighted by Gasteiger charge is 2.19. The standard InChI is InChI=1S/C18H16O7/c1-22-15-4-2-3-12(17(15)20)18(21)25-10-13(19)11-5-6-14-16(9-11)24-8-7-23-14/h2-6,9,20H,7-8,10H2,1H3. The molecule has 7 nitrogen and oxygen atoms in total. The van der Waals surface area contributed by atoms with Crippen molar-refractivity contribution in [1.29, 1.82) is 0 Å². The van der Waals surface area contributed by atoms with Crippen LogP contribution in [0.1, 0.15) is 20.7 Å². The summed E-state index contributed by atoms with van der Waals surface area (Å²) in [5.74, 6) is -0.348. The fourth-order valence-electron chi connectivity index (χ4n) is 2.36. The van der Waals surface area contributed by atoms with E-state index in [-0.39, 0.29) is 17.1 Å². The number of ether oxygens (including phenoxy) is 4. The average molecular weight is 344 g/mol. The maximum Gasteiger partial charge on any atom is 0.342 e. The Kier molecular flexibility index (Phi) is 4.74. The van der Waals surface area contributed by atoms with Gasteiger partial charge in [-0.3, -0.25) is 4.79 Å². The van der Waals surface area contributed by atoms with Crippen LogP contribution in [0.2, 0.25) is 0 Å². The number of aromatic hydroxyl groups is 1. The Hall–Kier alpha value is -3.22. The first-order chi connectivity index (χ1) is 12.1. The van der Waals surface area contributed by atoms with Gasteiger partial charge < -0.3 is 24.1 Å². The van der Waals surface area contributed by atoms with Crippen molar-refractivity contribution in [3.8, 4) is 23.0 Å². The topological polar surface area (TPSA) is 91.3 Å². The third kappa shape index (κ3) is 3.50. The molecule has 0 radical (unpaired) electrons. The molecule has 0 aromatic heterocycles. The molecule has 1 aliphatic rings. The summed E-state index contributed by atoms with van der Waals surface area (Å²) < 4.78 is 20.7. The highest BCUT2D eigenvalue weighted by atomic mass is 16.6. The molecule has 0 unspecified atom stereocenters. The number of phenols is 1. The van der Waals surface area contributed by atoms with E-state index < -0.39 is 18.4 Å². The summed E-state index contributed by atoms with van der Waals surface area (Å²) in [6, 6.07) is 9.19. The number of Topliss-reactive ketones (excluding diaryl/α,β-unsaturated/α-hetero) is 1. The second kappa shape index (κ2) is 7.12. The number of benzene rings is 2. The molecule has 25 heavy (non-hydrogen) atoms. The molecule has 2 aromatic carbocycles. The zero-order valence-corrected chi connectivity index (χ0v) is 13.5. The summed E-state index contributed by atoms with van der Waals surface area (Å²) in [5, 5.41) is 9.93. The predicted molar refractivity (Wildman–Crippen MR) is 86.7 cm³/mol. The molecule has 7 heteroatoms. The summed E-state index contributed by atoms with van der Waals surface area (Å²) in [7, 11) is 1.37. The fraction of sp³-hybridized carbons (Fsp3) is 0.222. The first kappa shape index (κ1) is 16.6. The van der Waals surface area contributed by atoms with Gasteiger partial charge >= 0.3 is 5.97 Å². The second-order valence-corrected chi connectivity index (χ2v) is 5.21. The van der Waals surface area contributed by atoms with Crippen LogP contribution in [0.15, 0.2) is 36.4 Å². The summed E-state index contributed by atoms with van der Waals surface area (Å²) in [6.07, 6.45) is 0. The molecule has 2 aromatic rings. The number of rotatable bonds is 5. The molecule has 1 N–H and O–H groups in total. The summed E-state index contributed by atoms with van der Waals surface area (Å²) in [5.41, 5.74) is 0.265. The monoisotopic (exact) mass is 344 g/mol. The fourth-order valence-corrected chi connectivity index (χ4v) is 2.36. The molecule has 0 atom stereocenters. The van der Waals surface area contributed by atoms with Crippen LogP contribution in [0.5, 0.6) is 23.0 Å². The van der Waals surface area contributed by atoms with Gasteiger partial charge in [0.15, 0.2) is 35.4 Å². The lowest BCUT2D eigenvalue weighted by Crippen LogP contribution is -2.17. The van der Waals surface area contributed by atoms with E-state index in [4.69, 9.17) is 18.9 Å². The molecule has 0 amide bonds. The number of methoxy groups -OCH3 is 1. The smallest absolute Gasteiger partial charge is 0.342 e. The minimum absolute atomic E-state index is 0.0747. The Morgan fingerprint density at radius 1 is 1.12 bits per heavy atom. The number of hydrogen-bond acceptors (Lipinski definition) is 7. The van der Waals surface area contributed by atoms with E-state index in [1.165, 1.54) is 25.3 Å². The second-order valence-electron chi connectivity index (χ2n) is 5.21. The van der Waals surface area contributed by atoms with E-state index in [2.05, 4.69) is 0 Å². The van der Waals surface area contributed by atoms with E-state index in [0.29, 0.717) is 30.3 Å². The quantitative estimate of drug-likeness (QED) is 0.657. The van der Waals surface area contributed by atoms with Crippen LogP contribution in [0, 0.1) is 0 Å². The number of hydrogen-bond donors (Lipinski definition) is 1. The molecular weight excluding hydrogens is 328 g/mol. The average Bonchev–Trinajstić information content (AvgIpc) is 2.65. The Balaban J connectivity index is 1.67. The minimum Gasteiger partial charge on any atom is -0.504 e. The lowest BCUT2D eigenvalue weighted by Gasteiger charge is -2.18. The number of fused-ring (bicyclic) bond motifs is 1. The molecule has 1 heterocycles. The van der Waals surface area contributed by atoms with Crippen molar-refractivity contribution >= 4 is 11.8 Å². The number of carbonyl (C=O) groups is 2. The Morgan fingerprint density at radius 3 is 2.64 bits per heavy atom. The summed E-state index contributed by atoms with van der Waals surface area (Å²) >= 11 is 0. The zero-order chi connectivity index (χ0) is 17.8. The highest BCUT2D eigenvalue weighted by molar-refractivity contribution is 6.00. The third-order valence-electron chi connectivity index (χ3n) is 3.64. The molecule has 0 spiro atoms. The molecule has 0 bridgehead atoms. The third-order valence-corrected chi connectivity index (χ3v) is 3.64. The number of ketones is 1. The van der Waals surface area contributed by atoms with Gasteiger partial charge in [0, 0.05) is 5.56 Å². The molecule has 0 saturated heterocycles. The lowest BCUT2D eigenvalue weighted by atomic mass is 10.1. The van der Waals surface area contributed by atoms with Crippen molar-refractivity contribution in [2.24, 2.45) is 0 Å². The van der Waals surface area contributed by atoms with Crippen molar-refractivity contribution in [2.75, 3.05) is 26.9 Å². The normalized spacial score (nSPS) is 12.4. The van der Waals surface area contributed by atoms with E-state index in [1.54, 1.807) is 18.2 Å². The molecule has 1 aliphatic heterocycles. The van der Waals surface area contributed by atoms with Gasteiger partial charge in [-0.15, -0.1) is 0 Å². The van der Waals surface area contributed by atoms with Crippen molar-refractivity contribution in [2.45, 2.75) is 0 Å². The van der Waals surface area contributed by atoms with Gasteiger partial charge in [0.05, 0.1) is 7.11 Å². The zero-order valence-electron chi connectivity index (χ0n) is 13.5. The van der Waals surface area contributed by atoms with Crippen LogP contribution >= 0.6 is 0 Å². The SMILES string of the molecule is COc1cccc(C(=O)OCC(=O)c2ccc3c(c2)OCCO3)c1O. The van der Waals surface area contributed by atoms with Crippen molar-refractivity contribution in [3.63, 3.8) is 0 Å². The van der Waals surface area contributed by atoms with Crippen molar-refractivity contribution in [1.82, 2.24) is 0 Å². The van der Waals surface area contributed by atoms with Gasteiger partial charge in [-0.1, -0.05) is 6.07 Å². The molecule has 3 rings (SSSR count). The lowest BCUT2D eigenvalue weighted by molar-refractivity contribution is 0.0471. The Bertz CT molecular complexity index is 813. The van der Waals surface area contributed by atoms with Crippen molar-refractivity contribution < 1.29 is 33.6 Å². The molecule has 0 aliphatic carbocycles. The number of esters is 1. The number of phenolic OH excluding ortho intramolecular Hbond substituents is 1. The first-order valence-electron chi connectivity index (χ1n) is 7.56. The largest absolute Gasteiger partial charge is 0.504 e. The van der Waals surface area contributed by atoms with E-state index in [0.717, 1.165) is 0 Å². The van der Waals surface area contributed by atoms with Gasteiger partial charge in [-0.2, -0.15) is 0 Å². The predicted octanol–water partition coefficient (Wildman–Crippen LogP) is 2.21. The minimum atomic E-state index is -0.817. The molecular formula is C18H16O7. The van der Waals surface area contributed by atoms with Crippen LogP contribution in [-0.2, 0) is 4.74 Å². The Morgan fingerprint density at radius 2 is 1.88 bits per heavy atom. The van der Waals surface area contributed by atoms with Gasteiger partial charge in [0.2, 0.25) is 0 Å². The van der Waals surface area contributed by atoms with Gasteiger partial charge in [0.1, 0.15) is 18.8 Å². The van der Waals surface area contributed by atoms with E-state index >= 15 is 0 Å². The van der Waals surface area contributed by atoms with E-state index in [1.807, 2.05) is 0 Å². The summed E-state index contributed by atoms with van der Waals surface area (Å²) in [4.78, 5) is 24.3. The van der Waals surface area contributed by atoms with Gasteiger partial charge in [-0.05, 0) is 30.3 Å². The maximum absolute atomic E-state index is 12.2. The Labute approximate surface area is 143 Å². The molecule has 130 valence electrons. The highest BCUT2D eigenvalue weighted by Crippen LogP contribution is 2.31. The summed E-state index contributed by atoms with van der Waals surface area (Å²) in [6.45, 7) is 0.409. The van der Waals surface area contributed by atoms with E-state index in [9.17, 15) is 14.7 Å². The van der Waals surface area contributed by atoms with Gasteiger partial charge in [-0.25, -0.2) is 4.79 Å². The van der Waals surface area contributed by atoms with Crippen LogP contribution in [0.3, 0.4) is 0 Å². The number of carbonyl (C=O) groups excluding carboxylic acids is 2. The van der Waals surface area contributed by atoms with Gasteiger partial charge in [0.25, 0.3) is 0 Å². The maximum atomic E-state index is 12.2. The molecule has 0 saturated carbocycles. The van der Waals surface area contributed by atoms with Crippen LogP contribution in [0.4, 0.5) is 0 Å². The van der Waals surface area contributed by atoms with Crippen LogP contribution in [-0.4, -0.2) is 43.8 Å². The molecule has 0 fully saturated rings. The number of para-hydroxylation sites is 1. The van der Waals surface area contributed by atoms with Crippen LogP contribution in [0.25, 0.3) is 0 Å².